The summed E-state index contributed by atoms with van der Waals surface area (Å²) in [6.45, 7) is 2.84. The summed E-state index contributed by atoms with van der Waals surface area (Å²) < 4.78 is 5.33. The van der Waals surface area contributed by atoms with E-state index in [-0.39, 0.29) is 11.2 Å². The average Bonchev–Trinajstić information content (AvgIpc) is 2.72. The van der Waals surface area contributed by atoms with Crippen molar-refractivity contribution < 1.29 is 14.3 Å². The standard InChI is InChI=1S/C26H49ClO3/c1-2-3-4-5-6-7-8-9-10-11-14-17-20-23-26(29)30-24-21-18-15-12-13-16-19-22-25(27)28/h2-24H2,1H3. The van der Waals surface area contributed by atoms with Crippen molar-refractivity contribution in [3.8, 4) is 0 Å². The van der Waals surface area contributed by atoms with Gasteiger partial charge in [0, 0.05) is 12.8 Å². The number of rotatable bonds is 24. The molecule has 178 valence electrons. The van der Waals surface area contributed by atoms with E-state index >= 15 is 0 Å². The van der Waals surface area contributed by atoms with Crippen molar-refractivity contribution >= 4 is 22.8 Å². The number of hydrogen-bond acceptors (Lipinski definition) is 3. The molecule has 0 aromatic rings. The molecule has 0 atom stereocenters. The minimum atomic E-state index is -0.226. The Hall–Kier alpha value is -0.570. The highest BCUT2D eigenvalue weighted by molar-refractivity contribution is 6.63. The number of hydrogen-bond donors (Lipinski definition) is 0. The van der Waals surface area contributed by atoms with Gasteiger partial charge in [-0.3, -0.25) is 9.59 Å². The van der Waals surface area contributed by atoms with E-state index in [0.29, 0.717) is 19.4 Å². The van der Waals surface area contributed by atoms with Gasteiger partial charge in [0.1, 0.15) is 0 Å². The van der Waals surface area contributed by atoms with Gasteiger partial charge in [-0.1, -0.05) is 116 Å². The Morgan fingerprint density at radius 3 is 1.33 bits per heavy atom. The van der Waals surface area contributed by atoms with Gasteiger partial charge in [-0.05, 0) is 30.9 Å². The van der Waals surface area contributed by atoms with Gasteiger partial charge in [0.05, 0.1) is 6.61 Å². The molecular weight excluding hydrogens is 396 g/mol. The van der Waals surface area contributed by atoms with E-state index in [2.05, 4.69) is 6.92 Å². The Balaban J connectivity index is 3.16. The summed E-state index contributed by atoms with van der Waals surface area (Å²) in [4.78, 5) is 22.4. The predicted octanol–water partition coefficient (Wildman–Crippen LogP) is 8.90. The highest BCUT2D eigenvalue weighted by Gasteiger charge is 2.03. The van der Waals surface area contributed by atoms with E-state index in [9.17, 15) is 9.59 Å². The summed E-state index contributed by atoms with van der Waals surface area (Å²) in [6.07, 6.45) is 25.9. The van der Waals surface area contributed by atoms with Crippen LogP contribution in [0.2, 0.25) is 0 Å². The van der Waals surface area contributed by atoms with E-state index in [1.165, 1.54) is 83.5 Å². The van der Waals surface area contributed by atoms with Crippen molar-refractivity contribution in [2.45, 2.75) is 148 Å². The molecule has 0 aromatic carbocycles. The molecule has 0 fully saturated rings. The molecule has 0 amide bonds. The van der Waals surface area contributed by atoms with Gasteiger partial charge in [-0.2, -0.15) is 0 Å². The van der Waals surface area contributed by atoms with Crippen LogP contribution in [0.1, 0.15) is 148 Å². The molecule has 0 aliphatic rings. The van der Waals surface area contributed by atoms with Gasteiger partial charge in [0.15, 0.2) is 0 Å². The lowest BCUT2D eigenvalue weighted by Gasteiger charge is -2.05. The number of unbranched alkanes of at least 4 members (excludes halogenated alkanes) is 18. The Morgan fingerprint density at radius 1 is 0.533 bits per heavy atom. The third-order valence-corrected chi connectivity index (χ3v) is 5.95. The second-order valence-corrected chi connectivity index (χ2v) is 9.21. The molecule has 4 heteroatoms. The maximum absolute atomic E-state index is 11.7. The molecule has 0 aliphatic carbocycles. The molecule has 0 unspecified atom stereocenters. The summed E-state index contributed by atoms with van der Waals surface area (Å²) in [5.41, 5.74) is 0. The maximum Gasteiger partial charge on any atom is 0.305 e. The maximum atomic E-state index is 11.7. The second kappa shape index (κ2) is 24.7. The lowest BCUT2D eigenvalue weighted by atomic mass is 10.0. The number of carbonyl (C=O) groups excluding carboxylic acids is 2. The van der Waals surface area contributed by atoms with Crippen LogP contribution in [-0.2, 0) is 14.3 Å². The molecule has 0 heterocycles. The second-order valence-electron chi connectivity index (χ2n) is 8.79. The molecule has 0 rings (SSSR count). The third-order valence-electron chi connectivity index (χ3n) is 5.77. The van der Waals surface area contributed by atoms with Gasteiger partial charge >= 0.3 is 5.97 Å². The zero-order valence-corrected chi connectivity index (χ0v) is 20.6. The summed E-state index contributed by atoms with van der Waals surface area (Å²) in [6, 6.07) is 0. The largest absolute Gasteiger partial charge is 0.466 e. The highest BCUT2D eigenvalue weighted by atomic mass is 35.5. The molecule has 3 nitrogen and oxygen atoms in total. The minimum absolute atomic E-state index is 0.0242. The summed E-state index contributed by atoms with van der Waals surface area (Å²) >= 11 is 5.31. The van der Waals surface area contributed by atoms with E-state index in [0.717, 1.165) is 44.9 Å². The van der Waals surface area contributed by atoms with Crippen molar-refractivity contribution in [3.63, 3.8) is 0 Å². The quantitative estimate of drug-likeness (QED) is 0.0847. The van der Waals surface area contributed by atoms with Gasteiger partial charge in [-0.25, -0.2) is 0 Å². The minimum Gasteiger partial charge on any atom is -0.466 e. The Labute approximate surface area is 192 Å². The summed E-state index contributed by atoms with van der Waals surface area (Å²) in [5.74, 6) is -0.0242. The van der Waals surface area contributed by atoms with Crippen LogP contribution in [-0.4, -0.2) is 17.8 Å². The zero-order valence-electron chi connectivity index (χ0n) is 19.9. The van der Waals surface area contributed by atoms with Crippen LogP contribution in [0, 0.1) is 0 Å². The summed E-state index contributed by atoms with van der Waals surface area (Å²) in [5, 5.41) is -0.226. The summed E-state index contributed by atoms with van der Waals surface area (Å²) in [7, 11) is 0. The van der Waals surface area contributed by atoms with E-state index < -0.39 is 0 Å². The Kier molecular flexibility index (Phi) is 24.2. The van der Waals surface area contributed by atoms with Crippen molar-refractivity contribution in [1.29, 1.82) is 0 Å². The normalized spacial score (nSPS) is 11.0. The molecule has 0 saturated carbocycles. The topological polar surface area (TPSA) is 43.4 Å². The zero-order chi connectivity index (χ0) is 22.1. The van der Waals surface area contributed by atoms with Crippen LogP contribution >= 0.6 is 11.6 Å². The molecule has 30 heavy (non-hydrogen) atoms. The van der Waals surface area contributed by atoms with Crippen molar-refractivity contribution in [3.05, 3.63) is 0 Å². The van der Waals surface area contributed by atoms with Gasteiger partial charge in [0.2, 0.25) is 5.24 Å². The molecule has 0 aliphatic heterocycles. The third kappa shape index (κ3) is 25.5. The van der Waals surface area contributed by atoms with E-state index in [4.69, 9.17) is 16.3 Å². The highest BCUT2D eigenvalue weighted by Crippen LogP contribution is 2.13. The number of esters is 1. The van der Waals surface area contributed by atoms with Gasteiger partial charge in [0.25, 0.3) is 0 Å². The van der Waals surface area contributed by atoms with Crippen LogP contribution in [0.25, 0.3) is 0 Å². The fraction of sp³-hybridized carbons (Fsp3) is 0.923. The monoisotopic (exact) mass is 444 g/mol. The molecule has 0 spiro atoms. The van der Waals surface area contributed by atoms with Crippen LogP contribution in [0.4, 0.5) is 0 Å². The van der Waals surface area contributed by atoms with Crippen molar-refractivity contribution in [2.24, 2.45) is 0 Å². The first kappa shape index (κ1) is 29.4. The first-order valence-corrected chi connectivity index (χ1v) is 13.4. The van der Waals surface area contributed by atoms with E-state index in [1.807, 2.05) is 0 Å². The number of ether oxygens (including phenoxy) is 1. The van der Waals surface area contributed by atoms with Crippen LogP contribution in [0.5, 0.6) is 0 Å². The van der Waals surface area contributed by atoms with Gasteiger partial charge < -0.3 is 4.74 Å². The predicted molar refractivity (Wildman–Crippen MR) is 129 cm³/mol. The number of halogens is 1. The van der Waals surface area contributed by atoms with Crippen LogP contribution in [0.3, 0.4) is 0 Å². The SMILES string of the molecule is CCCCCCCCCCCCCCCC(=O)OCCCCCCCCCC(=O)Cl. The van der Waals surface area contributed by atoms with Crippen molar-refractivity contribution in [1.82, 2.24) is 0 Å². The lowest BCUT2D eigenvalue weighted by molar-refractivity contribution is -0.143. The molecule has 0 bridgehead atoms. The fourth-order valence-corrected chi connectivity index (χ4v) is 3.93. The van der Waals surface area contributed by atoms with Crippen LogP contribution in [0.15, 0.2) is 0 Å². The first-order chi connectivity index (χ1) is 14.7. The molecule has 0 saturated heterocycles. The smallest absolute Gasteiger partial charge is 0.305 e. The van der Waals surface area contributed by atoms with Crippen LogP contribution < -0.4 is 0 Å². The molecule has 0 N–H and O–H groups in total. The molecular formula is C26H49ClO3. The fourth-order valence-electron chi connectivity index (χ4n) is 3.80. The lowest BCUT2D eigenvalue weighted by Crippen LogP contribution is -2.05. The Morgan fingerprint density at radius 2 is 0.900 bits per heavy atom. The number of carbonyl (C=O) groups is 2. The van der Waals surface area contributed by atoms with Gasteiger partial charge in [-0.15, -0.1) is 0 Å². The first-order valence-electron chi connectivity index (χ1n) is 13.0. The van der Waals surface area contributed by atoms with Crippen molar-refractivity contribution in [2.75, 3.05) is 6.61 Å². The molecule has 0 aromatic heterocycles. The van der Waals surface area contributed by atoms with E-state index in [1.54, 1.807) is 0 Å². The molecule has 0 radical (unpaired) electrons. The Bertz CT molecular complexity index is 384. The average molecular weight is 445 g/mol.